The van der Waals surface area contributed by atoms with E-state index in [1.807, 2.05) is 13.0 Å². The number of hydrogen-bond donors (Lipinski definition) is 0. The Hall–Kier alpha value is -4.41. The summed E-state index contributed by atoms with van der Waals surface area (Å²) in [6.07, 6.45) is 0. The molecule has 0 atom stereocenters. The van der Waals surface area contributed by atoms with Gasteiger partial charge in [-0.05, 0) is 37.3 Å². The molecule has 0 amide bonds. The molecule has 0 N–H and O–H groups in total. The Labute approximate surface area is 201 Å². The normalized spacial score (nSPS) is 13.3. The summed E-state index contributed by atoms with van der Waals surface area (Å²) < 4.78 is 11.4. The van der Waals surface area contributed by atoms with Crippen LogP contribution in [0.5, 0.6) is 5.75 Å². The largest absolute Gasteiger partial charge is 0.497 e. The van der Waals surface area contributed by atoms with Crippen molar-refractivity contribution < 1.29 is 19.2 Å². The number of rotatable bonds is 7. The first-order chi connectivity index (χ1) is 16.8. The zero-order valence-electron chi connectivity index (χ0n) is 19.6. The van der Waals surface area contributed by atoms with E-state index in [0.717, 1.165) is 4.68 Å². The van der Waals surface area contributed by atoms with Crippen LogP contribution in [0.25, 0.3) is 16.9 Å². The minimum atomic E-state index is -0.556. The van der Waals surface area contributed by atoms with Crippen LogP contribution < -0.4 is 20.1 Å². The Morgan fingerprint density at radius 2 is 2.00 bits per heavy atom. The Kier molecular flexibility index (Phi) is 6.67. The van der Waals surface area contributed by atoms with Gasteiger partial charge in [-0.25, -0.2) is 0 Å². The van der Waals surface area contributed by atoms with E-state index in [1.54, 1.807) is 54.3 Å². The highest BCUT2D eigenvalue weighted by Gasteiger charge is 2.25. The van der Waals surface area contributed by atoms with Crippen molar-refractivity contribution in [2.75, 3.05) is 50.2 Å². The van der Waals surface area contributed by atoms with Crippen LogP contribution in [0.1, 0.15) is 6.92 Å². The maximum absolute atomic E-state index is 13.5. The summed E-state index contributed by atoms with van der Waals surface area (Å²) in [4.78, 5) is 40.1. The number of aromatic nitrogens is 2. The summed E-state index contributed by atoms with van der Waals surface area (Å²) in [7, 11) is 3.32. The first-order valence-electron chi connectivity index (χ1n) is 11.0. The van der Waals surface area contributed by atoms with Gasteiger partial charge in [0.15, 0.2) is 0 Å². The Morgan fingerprint density at radius 1 is 1.20 bits per heavy atom. The first kappa shape index (κ1) is 23.7. The average Bonchev–Trinajstić information content (AvgIpc) is 2.88. The minimum Gasteiger partial charge on any atom is -0.497 e. The lowest BCUT2D eigenvalue weighted by molar-refractivity contribution is -0.384. The number of morpholine rings is 1. The van der Waals surface area contributed by atoms with Gasteiger partial charge in [0.2, 0.25) is 0 Å². The maximum atomic E-state index is 13.5. The van der Waals surface area contributed by atoms with Crippen LogP contribution >= 0.6 is 0 Å². The molecule has 0 saturated carbocycles. The third-order valence-corrected chi connectivity index (χ3v) is 5.84. The molecule has 11 nitrogen and oxygen atoms in total. The molecule has 0 bridgehead atoms. The number of carbonyl (C=O) groups is 1. The van der Waals surface area contributed by atoms with Gasteiger partial charge in [-0.2, -0.15) is 9.78 Å². The summed E-state index contributed by atoms with van der Waals surface area (Å²) in [5.41, 5.74) is 1.23. The van der Waals surface area contributed by atoms with Crippen LogP contribution in [0.3, 0.4) is 0 Å². The van der Waals surface area contributed by atoms with Gasteiger partial charge in [0, 0.05) is 30.9 Å². The quantitative estimate of drug-likeness (QED) is 0.286. The number of esters is 1. The van der Waals surface area contributed by atoms with Crippen molar-refractivity contribution in [2.24, 2.45) is 0 Å². The van der Waals surface area contributed by atoms with Gasteiger partial charge in [-0.3, -0.25) is 19.7 Å². The van der Waals surface area contributed by atoms with Gasteiger partial charge < -0.3 is 19.3 Å². The molecule has 0 aliphatic carbocycles. The molecule has 1 aromatic heterocycles. The fourth-order valence-electron chi connectivity index (χ4n) is 3.82. The summed E-state index contributed by atoms with van der Waals surface area (Å²) in [5.74, 6) is 0.218. The van der Waals surface area contributed by atoms with E-state index >= 15 is 0 Å². The zero-order valence-corrected chi connectivity index (χ0v) is 19.6. The number of anilines is 2. The van der Waals surface area contributed by atoms with Crippen LogP contribution in [0.2, 0.25) is 0 Å². The van der Waals surface area contributed by atoms with E-state index in [4.69, 9.17) is 9.47 Å². The molecule has 1 fully saturated rings. The molecule has 1 saturated heterocycles. The molecule has 182 valence electrons. The lowest BCUT2D eigenvalue weighted by Crippen LogP contribution is -2.39. The van der Waals surface area contributed by atoms with Gasteiger partial charge in [0.25, 0.3) is 11.2 Å². The van der Waals surface area contributed by atoms with Crippen molar-refractivity contribution in [3.05, 3.63) is 69.0 Å². The highest BCUT2D eigenvalue weighted by atomic mass is 16.6. The Morgan fingerprint density at radius 3 is 2.69 bits per heavy atom. The molecule has 11 heteroatoms. The number of nitro benzene ring substituents is 1. The molecule has 35 heavy (non-hydrogen) atoms. The molecule has 1 aliphatic heterocycles. The van der Waals surface area contributed by atoms with Crippen LogP contribution in [-0.4, -0.2) is 61.1 Å². The van der Waals surface area contributed by atoms with Crippen molar-refractivity contribution >= 4 is 23.0 Å². The third kappa shape index (κ3) is 4.79. The average molecular weight is 479 g/mol. The van der Waals surface area contributed by atoms with E-state index < -0.39 is 16.5 Å². The van der Waals surface area contributed by atoms with Crippen LogP contribution in [0.15, 0.2) is 53.3 Å². The van der Waals surface area contributed by atoms with Crippen molar-refractivity contribution in [3.8, 4) is 22.7 Å². The standard InChI is InChI=1S/C24H25N5O6/c1-4-26(2)22-14-19(16-6-5-7-18(12-16)34-3)25-28(24(22)31)21-13-17(8-9-20(21)29(32)33)27-10-11-35-23(30)15-27/h5-9,12-14H,4,10-11,15H2,1-3H3. The van der Waals surface area contributed by atoms with Gasteiger partial charge in [0.1, 0.15) is 30.3 Å². The van der Waals surface area contributed by atoms with Gasteiger partial charge in [0.05, 0.1) is 24.3 Å². The minimum absolute atomic E-state index is 0.00643. The SMILES string of the molecule is CCN(C)c1cc(-c2cccc(OC)c2)nn(-c2cc(N3CCOC(=O)C3)ccc2[N+](=O)[O-])c1=O. The number of ether oxygens (including phenoxy) is 2. The third-order valence-electron chi connectivity index (χ3n) is 5.84. The first-order valence-corrected chi connectivity index (χ1v) is 11.0. The lowest BCUT2D eigenvalue weighted by atomic mass is 10.1. The monoisotopic (exact) mass is 479 g/mol. The van der Waals surface area contributed by atoms with E-state index in [9.17, 15) is 19.7 Å². The van der Waals surface area contributed by atoms with Crippen LogP contribution in [0, 0.1) is 10.1 Å². The fraction of sp³-hybridized carbons (Fsp3) is 0.292. The number of carbonyl (C=O) groups excluding carboxylic acids is 1. The topological polar surface area (TPSA) is 120 Å². The predicted octanol–water partition coefficient (Wildman–Crippen LogP) is 2.64. The zero-order chi connectivity index (χ0) is 25.1. The molecule has 0 spiro atoms. The summed E-state index contributed by atoms with van der Waals surface area (Å²) >= 11 is 0. The number of hydrogen-bond acceptors (Lipinski definition) is 9. The highest BCUT2D eigenvalue weighted by molar-refractivity contribution is 5.78. The molecular weight excluding hydrogens is 454 g/mol. The highest BCUT2D eigenvalue weighted by Crippen LogP contribution is 2.30. The number of cyclic esters (lactones) is 1. The molecule has 1 aliphatic rings. The van der Waals surface area contributed by atoms with Crippen molar-refractivity contribution in [1.82, 2.24) is 9.78 Å². The molecule has 4 rings (SSSR count). The second-order valence-electron chi connectivity index (χ2n) is 7.95. The molecule has 0 unspecified atom stereocenters. The van der Waals surface area contributed by atoms with E-state index in [1.165, 1.54) is 12.1 Å². The molecule has 3 aromatic rings. The second-order valence-corrected chi connectivity index (χ2v) is 7.95. The lowest BCUT2D eigenvalue weighted by Gasteiger charge is -2.28. The van der Waals surface area contributed by atoms with Crippen LogP contribution in [-0.2, 0) is 9.53 Å². The van der Waals surface area contributed by atoms with Gasteiger partial charge in [-0.1, -0.05) is 12.1 Å². The number of benzene rings is 2. The summed E-state index contributed by atoms with van der Waals surface area (Å²) in [6.45, 7) is 3.08. The fourth-order valence-corrected chi connectivity index (χ4v) is 3.82. The molecule has 2 heterocycles. The predicted molar refractivity (Wildman–Crippen MR) is 131 cm³/mol. The van der Waals surface area contributed by atoms with Crippen molar-refractivity contribution in [2.45, 2.75) is 6.92 Å². The maximum Gasteiger partial charge on any atom is 0.325 e. The van der Waals surface area contributed by atoms with Gasteiger partial charge >= 0.3 is 5.97 Å². The molecular formula is C24H25N5O6. The molecule has 2 aromatic carbocycles. The number of methoxy groups -OCH3 is 1. The van der Waals surface area contributed by atoms with Crippen molar-refractivity contribution in [3.63, 3.8) is 0 Å². The van der Waals surface area contributed by atoms with Crippen LogP contribution in [0.4, 0.5) is 17.1 Å². The van der Waals surface area contributed by atoms with Gasteiger partial charge in [-0.15, -0.1) is 0 Å². The number of nitrogens with zero attached hydrogens (tertiary/aromatic N) is 5. The molecule has 0 radical (unpaired) electrons. The summed E-state index contributed by atoms with van der Waals surface area (Å²) in [6, 6.07) is 13.2. The Bertz CT molecular complexity index is 1340. The second kappa shape index (κ2) is 9.84. The Balaban J connectivity index is 1.95. The number of nitro groups is 1. The van der Waals surface area contributed by atoms with E-state index in [-0.39, 0.29) is 24.5 Å². The van der Waals surface area contributed by atoms with E-state index in [0.29, 0.717) is 41.5 Å². The summed E-state index contributed by atoms with van der Waals surface area (Å²) in [5, 5.41) is 16.4. The smallest absolute Gasteiger partial charge is 0.325 e. The van der Waals surface area contributed by atoms with E-state index in [2.05, 4.69) is 5.10 Å². The van der Waals surface area contributed by atoms with Crippen molar-refractivity contribution in [1.29, 1.82) is 0 Å².